The number of rotatable bonds is 6. The molecule has 1 heterocycles. The molecule has 0 amide bonds. The van der Waals surface area contributed by atoms with Crippen molar-refractivity contribution in [2.75, 3.05) is 32.6 Å². The zero-order chi connectivity index (χ0) is 16.7. The van der Waals surface area contributed by atoms with Gasteiger partial charge in [0.2, 0.25) is 0 Å². The number of hydrogen-bond acceptors (Lipinski definition) is 4. The summed E-state index contributed by atoms with van der Waals surface area (Å²) in [7, 11) is 5.79. The monoisotopic (exact) mass is 459 g/mol. The largest absolute Gasteiger partial charge is 0.356 e. The maximum Gasteiger partial charge on any atom is 0.191 e. The molecule has 1 unspecified atom stereocenters. The van der Waals surface area contributed by atoms with Gasteiger partial charge in [-0.1, -0.05) is 37.3 Å². The lowest BCUT2D eigenvalue weighted by Crippen LogP contribution is -2.38. The standard InChI is InChI=1S/C17H25N5S.HI/c1-13(14-8-6-5-7-9-14)10-19-16(18-2)20-11-15-12-23-17(21-15)22(3)4;/h5-9,12-13H,10-11H2,1-4H3,(H2,18,19,20);1H. The maximum atomic E-state index is 4.56. The van der Waals surface area contributed by atoms with Crippen molar-refractivity contribution in [3.63, 3.8) is 0 Å². The van der Waals surface area contributed by atoms with Crippen molar-refractivity contribution in [1.29, 1.82) is 0 Å². The van der Waals surface area contributed by atoms with Crippen molar-refractivity contribution in [2.45, 2.75) is 19.4 Å². The fourth-order valence-corrected chi connectivity index (χ4v) is 2.89. The summed E-state index contributed by atoms with van der Waals surface area (Å²) in [6.07, 6.45) is 0. The van der Waals surface area contributed by atoms with E-state index in [-0.39, 0.29) is 24.0 Å². The molecule has 1 aromatic heterocycles. The second-order valence-electron chi connectivity index (χ2n) is 5.63. The Morgan fingerprint density at radius 1 is 1.25 bits per heavy atom. The van der Waals surface area contributed by atoms with Gasteiger partial charge in [-0.15, -0.1) is 35.3 Å². The summed E-state index contributed by atoms with van der Waals surface area (Å²) < 4.78 is 0. The molecule has 0 radical (unpaired) electrons. The van der Waals surface area contributed by atoms with Crippen LogP contribution in [0.4, 0.5) is 5.13 Å². The van der Waals surface area contributed by atoms with Crippen LogP contribution in [0.5, 0.6) is 0 Å². The van der Waals surface area contributed by atoms with Gasteiger partial charge in [-0.25, -0.2) is 4.98 Å². The van der Waals surface area contributed by atoms with Crippen LogP contribution in [0, 0.1) is 0 Å². The third-order valence-corrected chi connectivity index (χ3v) is 4.58. The Labute approximate surface area is 165 Å². The van der Waals surface area contributed by atoms with Gasteiger partial charge in [0.15, 0.2) is 11.1 Å². The molecule has 2 rings (SSSR count). The molecular formula is C17H26IN5S. The number of guanidine groups is 1. The molecule has 0 saturated carbocycles. The third kappa shape index (κ3) is 6.27. The van der Waals surface area contributed by atoms with Crippen molar-refractivity contribution in [3.05, 3.63) is 47.0 Å². The van der Waals surface area contributed by atoms with Crippen molar-refractivity contribution in [1.82, 2.24) is 15.6 Å². The summed E-state index contributed by atoms with van der Waals surface area (Å²) in [4.78, 5) is 10.8. The summed E-state index contributed by atoms with van der Waals surface area (Å²) in [6, 6.07) is 10.5. The second kappa shape index (κ2) is 10.5. The lowest BCUT2D eigenvalue weighted by molar-refractivity contribution is 0.697. The number of nitrogens with one attached hydrogen (secondary N) is 2. The average Bonchev–Trinajstić information content (AvgIpc) is 3.05. The van der Waals surface area contributed by atoms with Crippen molar-refractivity contribution >= 4 is 46.4 Å². The van der Waals surface area contributed by atoms with E-state index in [2.05, 4.69) is 57.2 Å². The number of anilines is 1. The fourth-order valence-electron chi connectivity index (χ4n) is 2.13. The summed E-state index contributed by atoms with van der Waals surface area (Å²) >= 11 is 1.65. The first-order valence-electron chi connectivity index (χ1n) is 7.71. The van der Waals surface area contributed by atoms with Gasteiger partial charge in [0.05, 0.1) is 12.2 Å². The molecule has 5 nitrogen and oxygen atoms in total. The molecule has 0 fully saturated rings. The molecule has 2 aromatic rings. The topological polar surface area (TPSA) is 52.6 Å². The molecule has 0 saturated heterocycles. The number of aromatic nitrogens is 1. The highest BCUT2D eigenvalue weighted by molar-refractivity contribution is 14.0. The quantitative estimate of drug-likeness (QED) is 0.396. The highest BCUT2D eigenvalue weighted by atomic mass is 127. The molecule has 0 spiro atoms. The smallest absolute Gasteiger partial charge is 0.191 e. The molecule has 24 heavy (non-hydrogen) atoms. The van der Waals surface area contributed by atoms with E-state index in [4.69, 9.17) is 0 Å². The number of halogens is 1. The Hall–Kier alpha value is -1.35. The van der Waals surface area contributed by atoms with Gasteiger partial charge in [-0.3, -0.25) is 4.99 Å². The van der Waals surface area contributed by atoms with E-state index in [9.17, 15) is 0 Å². The number of hydrogen-bond donors (Lipinski definition) is 2. The van der Waals surface area contributed by atoms with Crippen molar-refractivity contribution < 1.29 is 0 Å². The van der Waals surface area contributed by atoms with Gasteiger partial charge < -0.3 is 15.5 Å². The van der Waals surface area contributed by atoms with E-state index in [1.54, 1.807) is 18.4 Å². The van der Waals surface area contributed by atoms with Crippen LogP contribution in [0.1, 0.15) is 24.1 Å². The lowest BCUT2D eigenvalue weighted by atomic mass is 10.0. The SMILES string of the molecule is CN=C(NCc1csc(N(C)C)n1)NCC(C)c1ccccc1.I. The van der Waals surface area contributed by atoms with E-state index in [0.29, 0.717) is 12.5 Å². The van der Waals surface area contributed by atoms with E-state index in [0.717, 1.165) is 23.3 Å². The Morgan fingerprint density at radius 3 is 2.54 bits per heavy atom. The number of nitrogens with zero attached hydrogens (tertiary/aromatic N) is 3. The van der Waals surface area contributed by atoms with Crippen LogP contribution in [0.15, 0.2) is 40.7 Å². The molecule has 1 aromatic carbocycles. The number of aliphatic imine (C=N–C) groups is 1. The molecule has 0 aliphatic heterocycles. The van der Waals surface area contributed by atoms with Crippen LogP contribution >= 0.6 is 35.3 Å². The molecule has 0 aliphatic carbocycles. The maximum absolute atomic E-state index is 4.56. The van der Waals surface area contributed by atoms with Crippen molar-refractivity contribution in [2.24, 2.45) is 4.99 Å². The van der Waals surface area contributed by atoms with Gasteiger partial charge in [-0.05, 0) is 11.5 Å². The van der Waals surface area contributed by atoms with E-state index in [1.165, 1.54) is 5.56 Å². The fraction of sp³-hybridized carbons (Fsp3) is 0.412. The lowest BCUT2D eigenvalue weighted by Gasteiger charge is -2.16. The zero-order valence-electron chi connectivity index (χ0n) is 14.6. The summed E-state index contributed by atoms with van der Waals surface area (Å²) in [5.41, 5.74) is 2.35. The first-order valence-corrected chi connectivity index (χ1v) is 8.59. The predicted molar refractivity (Wildman–Crippen MR) is 115 cm³/mol. The van der Waals surface area contributed by atoms with Crippen LogP contribution in [-0.2, 0) is 6.54 Å². The Morgan fingerprint density at radius 2 is 1.96 bits per heavy atom. The number of thiazole rings is 1. The minimum Gasteiger partial charge on any atom is -0.356 e. The molecule has 132 valence electrons. The Balaban J connectivity index is 0.00000288. The van der Waals surface area contributed by atoms with Gasteiger partial charge >= 0.3 is 0 Å². The minimum atomic E-state index is 0. The third-order valence-electron chi connectivity index (χ3n) is 3.53. The van der Waals surface area contributed by atoms with Gasteiger partial charge in [0.1, 0.15) is 0 Å². The zero-order valence-corrected chi connectivity index (χ0v) is 17.8. The normalized spacial score (nSPS) is 12.2. The second-order valence-corrected chi connectivity index (χ2v) is 6.47. The molecule has 2 N–H and O–H groups in total. The van der Waals surface area contributed by atoms with Crippen LogP contribution in [-0.4, -0.2) is 38.6 Å². The molecule has 7 heteroatoms. The summed E-state index contributed by atoms with van der Waals surface area (Å²) in [5.74, 6) is 1.22. The summed E-state index contributed by atoms with van der Waals surface area (Å²) in [5, 5.41) is 9.77. The number of benzene rings is 1. The Bertz CT molecular complexity index is 627. The molecule has 1 atom stereocenters. The van der Waals surface area contributed by atoms with E-state index < -0.39 is 0 Å². The molecule has 0 bridgehead atoms. The highest BCUT2D eigenvalue weighted by Crippen LogP contribution is 2.17. The van der Waals surface area contributed by atoms with Crippen LogP contribution in [0.2, 0.25) is 0 Å². The first-order chi connectivity index (χ1) is 11.1. The van der Waals surface area contributed by atoms with Gasteiger partial charge in [0, 0.05) is 33.1 Å². The summed E-state index contributed by atoms with van der Waals surface area (Å²) in [6.45, 7) is 3.72. The van der Waals surface area contributed by atoms with Crippen LogP contribution in [0.25, 0.3) is 0 Å². The molecule has 0 aliphatic rings. The van der Waals surface area contributed by atoms with Crippen LogP contribution in [0.3, 0.4) is 0 Å². The van der Waals surface area contributed by atoms with Crippen LogP contribution < -0.4 is 15.5 Å². The van der Waals surface area contributed by atoms with E-state index in [1.807, 2.05) is 25.1 Å². The first kappa shape index (κ1) is 20.7. The molecular weight excluding hydrogens is 433 g/mol. The average molecular weight is 459 g/mol. The van der Waals surface area contributed by atoms with E-state index >= 15 is 0 Å². The van der Waals surface area contributed by atoms with Gasteiger partial charge in [-0.2, -0.15) is 0 Å². The minimum absolute atomic E-state index is 0. The Kier molecular flexibility index (Phi) is 9.05. The predicted octanol–water partition coefficient (Wildman–Crippen LogP) is 3.30. The highest BCUT2D eigenvalue weighted by Gasteiger charge is 2.07. The van der Waals surface area contributed by atoms with Crippen molar-refractivity contribution in [3.8, 4) is 0 Å². The van der Waals surface area contributed by atoms with Gasteiger partial charge in [0.25, 0.3) is 0 Å².